The molecule has 0 amide bonds. The number of hydrogen-bond acceptors (Lipinski definition) is 5. The van der Waals surface area contributed by atoms with E-state index in [1.807, 2.05) is 35.0 Å². The lowest BCUT2D eigenvalue weighted by atomic mass is 10.0. The van der Waals surface area contributed by atoms with Crippen molar-refractivity contribution in [3.63, 3.8) is 0 Å². The van der Waals surface area contributed by atoms with Crippen LogP contribution in [0.25, 0.3) is 5.69 Å². The van der Waals surface area contributed by atoms with Crippen LogP contribution in [0.3, 0.4) is 0 Å². The molecule has 1 aliphatic rings. The first-order chi connectivity index (χ1) is 13.2. The Labute approximate surface area is 160 Å². The van der Waals surface area contributed by atoms with Crippen LogP contribution < -0.4 is 10.2 Å². The average Bonchev–Trinajstić information content (AvgIpc) is 3.01. The average molecular weight is 362 g/mol. The molecule has 0 spiro atoms. The number of benzene rings is 1. The summed E-state index contributed by atoms with van der Waals surface area (Å²) in [5.41, 5.74) is 4.68. The van der Waals surface area contributed by atoms with Gasteiger partial charge in [0, 0.05) is 43.1 Å². The van der Waals surface area contributed by atoms with Gasteiger partial charge in [-0.15, -0.1) is 5.10 Å². The zero-order valence-electron chi connectivity index (χ0n) is 16.0. The van der Waals surface area contributed by atoms with Crippen LogP contribution in [0.15, 0.2) is 48.7 Å². The molecule has 2 aromatic heterocycles. The van der Waals surface area contributed by atoms with Gasteiger partial charge >= 0.3 is 0 Å². The Bertz CT molecular complexity index is 874. The SMILES string of the molecule is Cc1nn(-c2ccccc2)c(C)c1CNC1CCCN(c2cccnn2)C1. The molecule has 3 aromatic rings. The highest BCUT2D eigenvalue weighted by Gasteiger charge is 2.22. The number of nitrogens with zero attached hydrogens (tertiary/aromatic N) is 5. The summed E-state index contributed by atoms with van der Waals surface area (Å²) in [6.45, 7) is 7.08. The lowest BCUT2D eigenvalue weighted by Gasteiger charge is -2.33. The first kappa shape index (κ1) is 17.7. The number of para-hydroxylation sites is 1. The minimum Gasteiger partial charge on any atom is -0.354 e. The number of piperidine rings is 1. The summed E-state index contributed by atoms with van der Waals surface area (Å²) in [7, 11) is 0. The van der Waals surface area contributed by atoms with E-state index in [4.69, 9.17) is 5.10 Å². The van der Waals surface area contributed by atoms with E-state index in [0.29, 0.717) is 6.04 Å². The Morgan fingerprint density at radius 3 is 2.74 bits per heavy atom. The molecule has 1 N–H and O–H groups in total. The second kappa shape index (κ2) is 7.88. The van der Waals surface area contributed by atoms with E-state index >= 15 is 0 Å². The fourth-order valence-corrected chi connectivity index (χ4v) is 3.81. The molecule has 3 heterocycles. The summed E-state index contributed by atoms with van der Waals surface area (Å²) >= 11 is 0. The quantitative estimate of drug-likeness (QED) is 0.756. The highest BCUT2D eigenvalue weighted by atomic mass is 15.3. The van der Waals surface area contributed by atoms with Crippen LogP contribution in [0.4, 0.5) is 5.82 Å². The number of anilines is 1. The molecule has 0 aliphatic carbocycles. The van der Waals surface area contributed by atoms with Crippen LogP contribution in [0, 0.1) is 13.8 Å². The molecule has 0 bridgehead atoms. The van der Waals surface area contributed by atoms with E-state index in [1.54, 1.807) is 6.20 Å². The van der Waals surface area contributed by atoms with Crippen LogP contribution >= 0.6 is 0 Å². The maximum absolute atomic E-state index is 4.75. The molecule has 6 nitrogen and oxygen atoms in total. The zero-order valence-corrected chi connectivity index (χ0v) is 16.0. The van der Waals surface area contributed by atoms with Crippen LogP contribution in [0.2, 0.25) is 0 Å². The van der Waals surface area contributed by atoms with Gasteiger partial charge in [0.15, 0.2) is 5.82 Å². The lowest BCUT2D eigenvalue weighted by molar-refractivity contribution is 0.419. The second-order valence-corrected chi connectivity index (χ2v) is 7.14. The van der Waals surface area contributed by atoms with Crippen LogP contribution in [-0.4, -0.2) is 39.1 Å². The fraction of sp³-hybridized carbons (Fsp3) is 0.381. The van der Waals surface area contributed by atoms with E-state index in [9.17, 15) is 0 Å². The van der Waals surface area contributed by atoms with Crippen molar-refractivity contribution in [1.82, 2.24) is 25.3 Å². The summed E-state index contributed by atoms with van der Waals surface area (Å²) < 4.78 is 2.04. The van der Waals surface area contributed by atoms with Crippen LogP contribution in [0.1, 0.15) is 29.8 Å². The molecule has 4 rings (SSSR count). The van der Waals surface area contributed by atoms with Gasteiger partial charge in [-0.2, -0.15) is 10.2 Å². The maximum Gasteiger partial charge on any atom is 0.151 e. The summed E-state index contributed by atoms with van der Waals surface area (Å²) in [6.07, 6.45) is 4.07. The van der Waals surface area contributed by atoms with Crippen molar-refractivity contribution in [3.05, 3.63) is 65.6 Å². The highest BCUT2D eigenvalue weighted by molar-refractivity contribution is 5.38. The van der Waals surface area contributed by atoms with Gasteiger partial charge in [-0.1, -0.05) is 18.2 Å². The number of hydrogen-bond donors (Lipinski definition) is 1. The molecule has 1 unspecified atom stereocenters. The number of aryl methyl sites for hydroxylation is 1. The largest absolute Gasteiger partial charge is 0.354 e. The molecular weight excluding hydrogens is 336 g/mol. The minimum atomic E-state index is 0.444. The molecule has 1 saturated heterocycles. The number of aromatic nitrogens is 4. The molecule has 6 heteroatoms. The van der Waals surface area contributed by atoms with E-state index < -0.39 is 0 Å². The van der Waals surface area contributed by atoms with Gasteiger partial charge in [-0.3, -0.25) is 0 Å². The standard InChI is InChI=1S/C21H26N6/c1-16-20(17(2)27(25-16)19-9-4-3-5-10-19)14-22-18-8-7-13-26(15-18)21-11-6-12-23-24-21/h3-6,9-12,18,22H,7-8,13-15H2,1-2H3. The molecule has 1 aliphatic heterocycles. The monoisotopic (exact) mass is 362 g/mol. The third-order valence-corrected chi connectivity index (χ3v) is 5.31. The van der Waals surface area contributed by atoms with Gasteiger partial charge in [0.1, 0.15) is 0 Å². The molecule has 0 radical (unpaired) electrons. The summed E-state index contributed by atoms with van der Waals surface area (Å²) in [4.78, 5) is 2.32. The zero-order chi connectivity index (χ0) is 18.6. The van der Waals surface area contributed by atoms with Crippen molar-refractivity contribution in [3.8, 4) is 5.69 Å². The van der Waals surface area contributed by atoms with Gasteiger partial charge in [-0.25, -0.2) is 4.68 Å². The lowest BCUT2D eigenvalue weighted by Crippen LogP contribution is -2.45. The van der Waals surface area contributed by atoms with Crippen molar-refractivity contribution in [1.29, 1.82) is 0 Å². The smallest absolute Gasteiger partial charge is 0.151 e. The van der Waals surface area contributed by atoms with E-state index in [2.05, 4.69) is 46.4 Å². The minimum absolute atomic E-state index is 0.444. The van der Waals surface area contributed by atoms with Crippen molar-refractivity contribution in [2.24, 2.45) is 0 Å². The van der Waals surface area contributed by atoms with Gasteiger partial charge in [-0.05, 0) is 51.0 Å². The third kappa shape index (κ3) is 3.85. The molecule has 140 valence electrons. The van der Waals surface area contributed by atoms with E-state index in [0.717, 1.165) is 43.3 Å². The first-order valence-electron chi connectivity index (χ1n) is 9.59. The summed E-state index contributed by atoms with van der Waals surface area (Å²) in [5, 5.41) is 16.8. The summed E-state index contributed by atoms with van der Waals surface area (Å²) in [5.74, 6) is 0.966. The number of rotatable bonds is 5. The van der Waals surface area contributed by atoms with Crippen molar-refractivity contribution in [2.75, 3.05) is 18.0 Å². The molecule has 1 atom stereocenters. The fourth-order valence-electron chi connectivity index (χ4n) is 3.81. The van der Waals surface area contributed by atoms with Gasteiger partial charge in [0.05, 0.1) is 11.4 Å². The summed E-state index contributed by atoms with van der Waals surface area (Å²) in [6, 6.07) is 14.7. The predicted molar refractivity (Wildman–Crippen MR) is 107 cm³/mol. The highest BCUT2D eigenvalue weighted by Crippen LogP contribution is 2.20. The van der Waals surface area contributed by atoms with Crippen LogP contribution in [0.5, 0.6) is 0 Å². The maximum atomic E-state index is 4.75. The molecule has 0 saturated carbocycles. The Morgan fingerprint density at radius 2 is 1.96 bits per heavy atom. The Kier molecular flexibility index (Phi) is 5.16. The van der Waals surface area contributed by atoms with Gasteiger partial charge < -0.3 is 10.2 Å². The van der Waals surface area contributed by atoms with Gasteiger partial charge in [0.25, 0.3) is 0 Å². The molecule has 1 fully saturated rings. The van der Waals surface area contributed by atoms with Crippen LogP contribution in [-0.2, 0) is 6.54 Å². The van der Waals surface area contributed by atoms with Crippen molar-refractivity contribution >= 4 is 5.82 Å². The van der Waals surface area contributed by atoms with Gasteiger partial charge in [0.2, 0.25) is 0 Å². The molecule has 1 aromatic carbocycles. The van der Waals surface area contributed by atoms with E-state index in [-0.39, 0.29) is 0 Å². The third-order valence-electron chi connectivity index (χ3n) is 5.31. The topological polar surface area (TPSA) is 58.9 Å². The normalized spacial score (nSPS) is 17.3. The Hall–Kier alpha value is -2.73. The van der Waals surface area contributed by atoms with E-state index in [1.165, 1.54) is 17.7 Å². The Morgan fingerprint density at radius 1 is 1.11 bits per heavy atom. The van der Waals surface area contributed by atoms with Crippen molar-refractivity contribution in [2.45, 2.75) is 39.3 Å². The second-order valence-electron chi connectivity index (χ2n) is 7.14. The molecular formula is C21H26N6. The Balaban J connectivity index is 1.44. The predicted octanol–water partition coefficient (Wildman–Crippen LogP) is 3.04. The number of nitrogens with one attached hydrogen (secondary N) is 1. The van der Waals surface area contributed by atoms with Crippen molar-refractivity contribution < 1.29 is 0 Å². The first-order valence-corrected chi connectivity index (χ1v) is 9.59. The molecule has 27 heavy (non-hydrogen) atoms.